The van der Waals surface area contributed by atoms with Crippen molar-refractivity contribution in [3.05, 3.63) is 77.1 Å². The van der Waals surface area contributed by atoms with E-state index in [2.05, 4.69) is 10.3 Å². The van der Waals surface area contributed by atoms with Crippen LogP contribution >= 0.6 is 0 Å². The van der Waals surface area contributed by atoms with Crippen molar-refractivity contribution in [1.29, 1.82) is 0 Å². The van der Waals surface area contributed by atoms with Crippen LogP contribution in [0.3, 0.4) is 0 Å². The molecule has 1 N–H and O–H groups in total. The van der Waals surface area contributed by atoms with E-state index in [-0.39, 0.29) is 47.9 Å². The van der Waals surface area contributed by atoms with Crippen molar-refractivity contribution < 1.29 is 57.7 Å². The van der Waals surface area contributed by atoms with Gasteiger partial charge in [0.05, 0.1) is 29.4 Å². The number of hydrogen-bond donors (Lipinski definition) is 1. The molecular formula is C27H22F2N3NaO4. The van der Waals surface area contributed by atoms with Crippen LogP contribution in [0.5, 0.6) is 11.5 Å². The van der Waals surface area contributed by atoms with Gasteiger partial charge < -0.3 is 24.7 Å². The van der Waals surface area contributed by atoms with E-state index in [9.17, 15) is 18.7 Å². The molecule has 10 heteroatoms. The summed E-state index contributed by atoms with van der Waals surface area (Å²) in [5.74, 6) is -1.19. The summed E-state index contributed by atoms with van der Waals surface area (Å²) in [6.07, 6.45) is 0.489. The van der Waals surface area contributed by atoms with Gasteiger partial charge >= 0.3 is 29.6 Å². The second-order valence-corrected chi connectivity index (χ2v) is 9.01. The molecule has 6 rings (SSSR count). The summed E-state index contributed by atoms with van der Waals surface area (Å²) in [6.45, 7) is 2.62. The number of nitrogens with zero attached hydrogens (tertiary/aromatic N) is 2. The number of aromatic nitrogens is 2. The van der Waals surface area contributed by atoms with Crippen LogP contribution in [0, 0.1) is 11.6 Å². The molecule has 0 radical (unpaired) electrons. The van der Waals surface area contributed by atoms with Crippen LogP contribution in [-0.4, -0.2) is 28.7 Å². The van der Waals surface area contributed by atoms with Crippen LogP contribution in [0.15, 0.2) is 48.5 Å². The minimum absolute atomic E-state index is 0. The molecule has 0 unspecified atom stereocenters. The fourth-order valence-electron chi connectivity index (χ4n) is 5.09. The standard InChI is InChI=1S/C27H23F2N3O4.Na/c1-2-25-31-20-10-18(28)19(29)11-23(20)32(25)22-5-3-4-17-21(13-36-27(17)22)30-15-6-7-16-14(8-26(33)34)12-35-24(16)9-15;/h3-7,9-11,14,21,30H,2,8,12-13H2,1H3,(H,33,34);/q;+1/p-1/t14-,21-;/m1./s1. The van der Waals surface area contributed by atoms with Gasteiger partial charge in [0.1, 0.15) is 23.9 Å². The van der Waals surface area contributed by atoms with Gasteiger partial charge in [-0.15, -0.1) is 0 Å². The number of ether oxygens (including phenoxy) is 2. The maximum absolute atomic E-state index is 14.1. The average molecular weight is 513 g/mol. The number of nitrogens with one attached hydrogen (secondary N) is 1. The zero-order valence-electron chi connectivity index (χ0n) is 20.4. The predicted molar refractivity (Wildman–Crippen MR) is 127 cm³/mol. The summed E-state index contributed by atoms with van der Waals surface area (Å²) >= 11 is 0. The third kappa shape index (κ3) is 4.45. The molecule has 2 aliphatic heterocycles. The molecule has 184 valence electrons. The molecule has 0 saturated carbocycles. The number of rotatable bonds is 6. The molecule has 2 atom stereocenters. The Hall–Kier alpha value is -3.14. The van der Waals surface area contributed by atoms with Crippen molar-refractivity contribution in [2.45, 2.75) is 31.7 Å². The van der Waals surface area contributed by atoms with Crippen LogP contribution in [0.2, 0.25) is 0 Å². The Morgan fingerprint density at radius 1 is 1.11 bits per heavy atom. The summed E-state index contributed by atoms with van der Waals surface area (Å²) in [4.78, 5) is 15.5. The number of benzene rings is 3. The van der Waals surface area contributed by atoms with Gasteiger partial charge in [0.15, 0.2) is 11.6 Å². The van der Waals surface area contributed by atoms with E-state index in [1.54, 1.807) is 0 Å². The summed E-state index contributed by atoms with van der Waals surface area (Å²) in [5.41, 5.74) is 4.17. The summed E-state index contributed by atoms with van der Waals surface area (Å²) in [7, 11) is 0. The van der Waals surface area contributed by atoms with Gasteiger partial charge in [0.2, 0.25) is 0 Å². The van der Waals surface area contributed by atoms with Crippen molar-refractivity contribution in [3.63, 3.8) is 0 Å². The van der Waals surface area contributed by atoms with Gasteiger partial charge in [0, 0.05) is 53.3 Å². The molecule has 2 aliphatic rings. The number of aryl methyl sites for hydroxylation is 1. The number of carboxylic acid groups (broad SMARTS) is 1. The largest absolute Gasteiger partial charge is 1.00 e. The number of halogens is 2. The summed E-state index contributed by atoms with van der Waals surface area (Å²) < 4.78 is 41.6. The van der Waals surface area contributed by atoms with E-state index in [1.165, 1.54) is 6.07 Å². The van der Waals surface area contributed by atoms with Gasteiger partial charge in [-0.25, -0.2) is 13.8 Å². The molecule has 3 aromatic carbocycles. The van der Waals surface area contributed by atoms with Crippen molar-refractivity contribution in [2.75, 3.05) is 18.5 Å². The molecule has 0 aliphatic carbocycles. The van der Waals surface area contributed by atoms with E-state index in [0.29, 0.717) is 53.7 Å². The monoisotopic (exact) mass is 513 g/mol. The van der Waals surface area contributed by atoms with E-state index in [0.717, 1.165) is 22.9 Å². The molecule has 4 aromatic rings. The number of anilines is 1. The number of carbonyl (C=O) groups excluding carboxylic acids is 1. The molecule has 0 spiro atoms. The maximum Gasteiger partial charge on any atom is 1.00 e. The van der Waals surface area contributed by atoms with Gasteiger partial charge in [-0.2, -0.15) is 0 Å². The molecule has 1 aromatic heterocycles. The zero-order valence-corrected chi connectivity index (χ0v) is 22.4. The molecule has 0 amide bonds. The van der Waals surface area contributed by atoms with Crippen molar-refractivity contribution in [3.8, 4) is 17.2 Å². The van der Waals surface area contributed by atoms with E-state index < -0.39 is 17.6 Å². The molecule has 3 heterocycles. The quantitative estimate of drug-likeness (QED) is 0.388. The summed E-state index contributed by atoms with van der Waals surface area (Å²) in [6, 6.07) is 13.5. The van der Waals surface area contributed by atoms with Crippen LogP contribution in [-0.2, 0) is 11.2 Å². The second-order valence-electron chi connectivity index (χ2n) is 9.01. The fraction of sp³-hybridized carbons (Fsp3) is 0.259. The molecule has 7 nitrogen and oxygen atoms in total. The predicted octanol–water partition coefficient (Wildman–Crippen LogP) is 1.03. The fourth-order valence-corrected chi connectivity index (χ4v) is 5.09. The number of aliphatic carboxylic acids is 1. The van der Waals surface area contributed by atoms with Crippen molar-refractivity contribution in [1.82, 2.24) is 9.55 Å². The number of carboxylic acids is 1. The molecule has 0 fully saturated rings. The maximum atomic E-state index is 14.1. The Kier molecular flexibility index (Phi) is 6.87. The minimum atomic E-state index is -1.10. The van der Waals surface area contributed by atoms with Gasteiger partial charge in [-0.3, -0.25) is 4.57 Å². The van der Waals surface area contributed by atoms with Crippen molar-refractivity contribution >= 4 is 22.7 Å². The van der Waals surface area contributed by atoms with Crippen LogP contribution in [0.25, 0.3) is 16.7 Å². The molecule has 0 bridgehead atoms. The number of hydrogen-bond acceptors (Lipinski definition) is 6. The summed E-state index contributed by atoms with van der Waals surface area (Å²) in [5, 5.41) is 14.5. The van der Waals surface area contributed by atoms with Crippen LogP contribution in [0.4, 0.5) is 14.5 Å². The van der Waals surface area contributed by atoms with Crippen LogP contribution < -0.4 is 49.5 Å². The Bertz CT molecular complexity index is 1520. The molecular weight excluding hydrogens is 491 g/mol. The van der Waals surface area contributed by atoms with E-state index in [4.69, 9.17) is 9.47 Å². The normalized spacial score (nSPS) is 17.5. The minimum Gasteiger partial charge on any atom is -0.550 e. The number of imidazole rings is 1. The van der Waals surface area contributed by atoms with Gasteiger partial charge in [-0.1, -0.05) is 25.1 Å². The Balaban J connectivity index is 0.00000280. The zero-order chi connectivity index (χ0) is 25.0. The van der Waals surface area contributed by atoms with Gasteiger partial charge in [0.25, 0.3) is 0 Å². The number of carbonyl (C=O) groups is 1. The van der Waals surface area contributed by atoms with E-state index >= 15 is 0 Å². The Labute approximate surface area is 233 Å². The first kappa shape index (κ1) is 25.5. The molecule has 37 heavy (non-hydrogen) atoms. The SMILES string of the molecule is CCc1nc2cc(F)c(F)cc2n1-c1cccc2c1OC[C@H]2Nc1ccc2c(c1)OC[C@H]2CC(=O)[O-].[Na+]. The average Bonchev–Trinajstić information content (AvgIpc) is 3.55. The molecule has 0 saturated heterocycles. The Morgan fingerprint density at radius 2 is 1.92 bits per heavy atom. The first-order valence-electron chi connectivity index (χ1n) is 11.8. The third-order valence-electron chi connectivity index (χ3n) is 6.76. The number of fused-ring (bicyclic) bond motifs is 3. The first-order chi connectivity index (χ1) is 17.4. The number of para-hydroxylation sites is 1. The topological polar surface area (TPSA) is 88.4 Å². The smallest absolute Gasteiger partial charge is 0.550 e. The Morgan fingerprint density at radius 3 is 2.70 bits per heavy atom. The van der Waals surface area contributed by atoms with Gasteiger partial charge in [-0.05, 0) is 18.6 Å². The van der Waals surface area contributed by atoms with Crippen LogP contribution in [0.1, 0.15) is 42.3 Å². The van der Waals surface area contributed by atoms with E-state index in [1.807, 2.05) is 47.9 Å². The third-order valence-corrected chi connectivity index (χ3v) is 6.76. The second kappa shape index (κ2) is 9.96. The van der Waals surface area contributed by atoms with Crippen molar-refractivity contribution in [2.24, 2.45) is 0 Å². The first-order valence-corrected chi connectivity index (χ1v) is 11.8.